The average Bonchev–Trinajstić information content (AvgIpc) is 2.07. The second-order valence-electron chi connectivity index (χ2n) is 23.5. The molecule has 88 heavy (non-hydrogen) atoms. The van der Waals surface area contributed by atoms with Crippen molar-refractivity contribution in [1.29, 1.82) is 0 Å². The van der Waals surface area contributed by atoms with Gasteiger partial charge in [0.1, 0.15) is 0 Å². The Morgan fingerprint density at radius 1 is 0.432 bits per heavy atom. The molecule has 478 valence electrons. The van der Waals surface area contributed by atoms with E-state index in [1.165, 1.54) is 253 Å². The van der Waals surface area contributed by atoms with E-state index in [0.29, 0.717) is 0 Å². The Kier molecular flexibility index (Phi) is 44.1. The minimum Gasteiger partial charge on any atom is -1.00 e. The van der Waals surface area contributed by atoms with E-state index in [1.54, 1.807) is 28.2 Å². The van der Waals surface area contributed by atoms with Gasteiger partial charge in [0.25, 0.3) is 0 Å². The number of rotatable bonds is 32. The molecule has 8 aromatic rings. The zero-order chi connectivity index (χ0) is 62.2. The van der Waals surface area contributed by atoms with Crippen molar-refractivity contribution in [3.63, 3.8) is 0 Å². The van der Waals surface area contributed by atoms with E-state index in [-0.39, 0.29) is 35.5 Å². The van der Waals surface area contributed by atoms with Crippen LogP contribution >= 0.6 is 150 Å². The van der Waals surface area contributed by atoms with Crippen molar-refractivity contribution >= 4 is 173 Å². The summed E-state index contributed by atoms with van der Waals surface area (Å²) in [5.41, 5.74) is 15.4. The van der Waals surface area contributed by atoms with Gasteiger partial charge in [-0.25, -0.2) is 0 Å². The van der Waals surface area contributed by atoms with E-state index >= 15 is 0 Å². The molecule has 0 radical (unpaired) electrons. The largest absolute Gasteiger partial charge is 2.00 e. The summed E-state index contributed by atoms with van der Waals surface area (Å²) in [7, 11) is 0. The van der Waals surface area contributed by atoms with Crippen molar-refractivity contribution < 1.29 is 12.4 Å². The number of thiophene rings is 5. The molecule has 0 bridgehead atoms. The third-order valence-corrected chi connectivity index (χ3v) is 25.8. The molecule has 12 heteroatoms. The summed E-state index contributed by atoms with van der Waals surface area (Å²) in [5, 5.41) is 3.17. The molecule has 0 aliphatic heterocycles. The molecule has 0 aliphatic rings. The zero-order valence-electron chi connectivity index (χ0n) is 54.7. The van der Waals surface area contributed by atoms with Crippen LogP contribution in [0.1, 0.15) is 221 Å². The van der Waals surface area contributed by atoms with Gasteiger partial charge in [0.2, 0.25) is 0 Å². The van der Waals surface area contributed by atoms with E-state index in [4.69, 9.17) is 0 Å². The molecule has 0 nitrogen and oxygen atoms in total. The fourth-order valence-electron chi connectivity index (χ4n) is 11.1. The van der Waals surface area contributed by atoms with E-state index in [9.17, 15) is 0 Å². The third-order valence-electron chi connectivity index (χ3n) is 16.6. The average molecular weight is 1730 g/mol. The second kappa shape index (κ2) is 47.1. The number of unbranched alkanes of at least 4 members (excludes halogenated alkanes) is 9. The van der Waals surface area contributed by atoms with E-state index in [1.807, 2.05) is 34.0 Å². The van der Waals surface area contributed by atoms with Gasteiger partial charge in [-0.2, -0.15) is 6.07 Å². The predicted octanol–water partition coefficient (Wildman–Crippen LogP) is 26.8. The van der Waals surface area contributed by atoms with Crippen LogP contribution in [-0.4, -0.2) is 23.1 Å². The van der Waals surface area contributed by atoms with Crippen molar-refractivity contribution in [3.8, 4) is 43.1 Å². The van der Waals surface area contributed by atoms with Gasteiger partial charge in [-0.05, 0) is 222 Å². The molecule has 3 aromatic carbocycles. The number of aryl methyl sites for hydroxylation is 4. The van der Waals surface area contributed by atoms with Gasteiger partial charge in [-0.1, -0.05) is 253 Å². The number of halogens is 6. The van der Waals surface area contributed by atoms with Gasteiger partial charge in [0.15, 0.2) is 0 Å². The first-order chi connectivity index (χ1) is 41.7. The first kappa shape index (κ1) is 82.3. The fraction of sp³-hybridized carbons (Fsp3) is 0.500. The molecular formula is C76H100Br3ClI2MgS5. The molecule has 0 saturated carbocycles. The molecule has 0 amide bonds. The van der Waals surface area contributed by atoms with Gasteiger partial charge < -0.3 is 12.4 Å². The molecule has 0 spiro atoms. The first-order valence-electron chi connectivity index (χ1n) is 32.7. The summed E-state index contributed by atoms with van der Waals surface area (Å²) in [6.45, 7) is 22.9. The summed E-state index contributed by atoms with van der Waals surface area (Å²) >= 11 is 24.8. The van der Waals surface area contributed by atoms with Crippen molar-refractivity contribution in [2.24, 2.45) is 17.8 Å². The van der Waals surface area contributed by atoms with Crippen molar-refractivity contribution in [3.05, 3.63) is 163 Å². The van der Waals surface area contributed by atoms with Gasteiger partial charge in [0, 0.05) is 25.1 Å². The van der Waals surface area contributed by atoms with Crippen molar-refractivity contribution in [2.75, 3.05) is 0 Å². The molecule has 5 aromatic heterocycles. The molecule has 3 atom stereocenters. The summed E-state index contributed by atoms with van der Waals surface area (Å²) in [6.07, 6.45) is 32.8. The van der Waals surface area contributed by atoms with Crippen molar-refractivity contribution in [2.45, 2.75) is 230 Å². The predicted molar refractivity (Wildman–Crippen MR) is 426 cm³/mol. The topological polar surface area (TPSA) is 0 Å². The Hall–Kier alpha value is 0.116. The smallest absolute Gasteiger partial charge is 1.00 e. The maximum atomic E-state index is 3.67. The fourth-order valence-corrected chi connectivity index (χ4v) is 21.4. The van der Waals surface area contributed by atoms with Gasteiger partial charge in [-0.3, -0.25) is 11.3 Å². The van der Waals surface area contributed by atoms with Crippen LogP contribution < -0.4 is 12.4 Å². The Morgan fingerprint density at radius 2 is 0.852 bits per heavy atom. The minimum absolute atomic E-state index is 0. The standard InChI is InChI=1S/C30H42S2.C18H22BrIS.C18H22BrS.C10H14BrIS.ClH.Mg/c1-6-9-11-12-14-27-19-22(4)31-30(27)29-21-28(23(5)32-29)26-17-15-25(16-18-26)20-24(8-3)13-10-7-2;1-3-5-6-13(4-2)11-14-7-9-15(10-8-14)16-12-17(20)21-18(16)19;1-3-5-6-14(4-2)13-15-7-9-16(10-8-15)17-11-12-20-18(17)19;1-2-3-4-5-6-8-7-9(12)13-10(8)11;;/h15-19,21,24H,6-14,20H2,1-5H3;7-10,12-13H,3-6,11H2,1-2H3;7-11,14H,3-6,13H2,1-2H3;7H,2-6H2,1H3;1H;/q;;-1;;;+2/p-1. The monoisotopic (exact) mass is 1720 g/mol. The summed E-state index contributed by atoms with van der Waals surface area (Å²) in [4.78, 5) is 5.84. The van der Waals surface area contributed by atoms with Crippen LogP contribution in [0.5, 0.6) is 0 Å². The van der Waals surface area contributed by atoms with Gasteiger partial charge in [-0.15, -0.1) is 72.2 Å². The maximum Gasteiger partial charge on any atom is 2.00 e. The van der Waals surface area contributed by atoms with E-state index < -0.39 is 0 Å². The zero-order valence-corrected chi connectivity index (χ0v) is 70.1. The number of benzene rings is 3. The summed E-state index contributed by atoms with van der Waals surface area (Å²) in [6, 6.07) is 39.1. The SMILES string of the molecule is CCCCC(CC)Cc1ccc(-c2c[c-]sc2Br)cc1.CCCCC(CC)Cc1ccc(-c2cc(I)sc2Br)cc1.CCCCCCc1cc(C)sc1-c1cc(-c2ccc(CC(CC)CCCC)cc2)c(C)s1.CCCCCCc1cc(I)sc1Br.[Cl-].[Mg+2]. The van der Waals surface area contributed by atoms with Crippen LogP contribution in [-0.2, 0) is 32.1 Å². The van der Waals surface area contributed by atoms with Crippen molar-refractivity contribution in [1.82, 2.24) is 0 Å². The Balaban J connectivity index is 0.000000319. The summed E-state index contributed by atoms with van der Waals surface area (Å²) in [5.74, 6) is 2.50. The van der Waals surface area contributed by atoms with E-state index in [2.05, 4.69) is 271 Å². The quantitative estimate of drug-likeness (QED) is 0.0171. The minimum atomic E-state index is 0. The molecule has 0 saturated heterocycles. The molecule has 8 rings (SSSR count). The van der Waals surface area contributed by atoms with E-state index in [0.717, 1.165) is 17.8 Å². The molecule has 0 aliphatic carbocycles. The van der Waals surface area contributed by atoms with Gasteiger partial charge in [0.05, 0.1) is 13.3 Å². The Labute approximate surface area is 630 Å². The Bertz CT molecular complexity index is 3080. The Morgan fingerprint density at radius 3 is 1.24 bits per heavy atom. The molecular weight excluding hydrogens is 1630 g/mol. The van der Waals surface area contributed by atoms with Crippen LogP contribution in [0.25, 0.3) is 43.1 Å². The van der Waals surface area contributed by atoms with Crippen LogP contribution in [0.3, 0.4) is 0 Å². The van der Waals surface area contributed by atoms with Crippen LogP contribution in [0.15, 0.2) is 114 Å². The number of hydrogen-bond donors (Lipinski definition) is 0. The molecule has 0 N–H and O–H groups in total. The van der Waals surface area contributed by atoms with Crippen LogP contribution in [0.4, 0.5) is 0 Å². The third kappa shape index (κ3) is 29.2. The first-order valence-corrected chi connectivity index (χ1v) is 41.3. The summed E-state index contributed by atoms with van der Waals surface area (Å²) < 4.78 is 6.43. The number of hydrogen-bond acceptors (Lipinski definition) is 5. The normalized spacial score (nSPS) is 11.9. The molecule has 0 fully saturated rings. The van der Waals surface area contributed by atoms with Crippen LogP contribution in [0.2, 0.25) is 0 Å². The van der Waals surface area contributed by atoms with Gasteiger partial charge >= 0.3 is 23.1 Å². The molecule has 5 heterocycles. The van der Waals surface area contributed by atoms with Crippen LogP contribution in [0, 0.1) is 42.7 Å². The molecule has 3 unspecified atom stereocenters. The maximum absolute atomic E-state index is 3.67. The second-order valence-corrected chi connectivity index (χ2v) is 36.7.